The van der Waals surface area contributed by atoms with Crippen molar-refractivity contribution < 1.29 is 0 Å². The monoisotopic (exact) mass is 192 g/mol. The van der Waals surface area contributed by atoms with Crippen molar-refractivity contribution in [3.05, 3.63) is 12.2 Å². The molecule has 0 aromatic heterocycles. The molecule has 0 amide bonds. The van der Waals surface area contributed by atoms with Crippen LogP contribution in [0, 0.1) is 11.8 Å². The van der Waals surface area contributed by atoms with Crippen molar-refractivity contribution in [2.24, 2.45) is 16.8 Å². The molecule has 2 nitrogen and oxygen atoms in total. The molecular formula is C12H20N2. The average molecular weight is 192 g/mol. The fourth-order valence-electron chi connectivity index (χ4n) is 2.00. The Balaban J connectivity index is 2.01. The first-order valence-electron chi connectivity index (χ1n) is 5.59. The summed E-state index contributed by atoms with van der Waals surface area (Å²) >= 11 is 0. The van der Waals surface area contributed by atoms with Crippen LogP contribution in [0.5, 0.6) is 0 Å². The lowest BCUT2D eigenvalue weighted by molar-refractivity contribution is 0.591. The van der Waals surface area contributed by atoms with Gasteiger partial charge in [-0.1, -0.05) is 19.9 Å². The van der Waals surface area contributed by atoms with E-state index in [-0.39, 0.29) is 0 Å². The van der Waals surface area contributed by atoms with Crippen molar-refractivity contribution in [2.45, 2.75) is 39.2 Å². The summed E-state index contributed by atoms with van der Waals surface area (Å²) < 4.78 is 0. The molecule has 2 atom stereocenters. The Morgan fingerprint density at radius 1 is 1.64 bits per heavy atom. The number of hydrogen-bond donors (Lipinski definition) is 1. The molecule has 1 fully saturated rings. The molecule has 0 spiro atoms. The summed E-state index contributed by atoms with van der Waals surface area (Å²) in [6.45, 7) is 7.63. The van der Waals surface area contributed by atoms with Gasteiger partial charge in [0.1, 0.15) is 5.84 Å². The van der Waals surface area contributed by atoms with Crippen LogP contribution in [-0.2, 0) is 0 Å². The normalized spacial score (nSPS) is 38.0. The van der Waals surface area contributed by atoms with Crippen molar-refractivity contribution in [1.29, 1.82) is 0 Å². The second-order valence-electron chi connectivity index (χ2n) is 5.20. The molecule has 0 aromatic rings. The molecule has 78 valence electrons. The van der Waals surface area contributed by atoms with Crippen molar-refractivity contribution in [3.63, 3.8) is 0 Å². The molecular weight excluding hydrogens is 172 g/mol. The van der Waals surface area contributed by atoms with E-state index in [1.807, 2.05) is 0 Å². The highest BCUT2D eigenvalue weighted by Gasteiger charge is 2.50. The molecule has 0 radical (unpaired) electrons. The second kappa shape index (κ2) is 3.41. The maximum absolute atomic E-state index is 4.58. The number of nitrogens with zero attached hydrogens (tertiary/aromatic N) is 1. The number of fused-ring (bicyclic) bond motifs is 1. The first kappa shape index (κ1) is 9.75. The smallest absolute Gasteiger partial charge is 0.120 e. The predicted molar refractivity (Wildman–Crippen MR) is 60.5 cm³/mol. The Hall–Kier alpha value is -0.790. The molecule has 2 rings (SSSR count). The molecule has 2 unspecified atom stereocenters. The maximum atomic E-state index is 4.58. The Labute approximate surface area is 86.5 Å². The van der Waals surface area contributed by atoms with Gasteiger partial charge < -0.3 is 5.32 Å². The third kappa shape index (κ3) is 1.99. The van der Waals surface area contributed by atoms with Crippen LogP contribution in [0.25, 0.3) is 0 Å². The van der Waals surface area contributed by atoms with Crippen LogP contribution < -0.4 is 5.32 Å². The van der Waals surface area contributed by atoms with E-state index in [0.29, 0.717) is 11.5 Å². The number of rotatable bonds is 2. The predicted octanol–water partition coefficient (Wildman–Crippen LogP) is 2.37. The number of hydrogen-bond acceptors (Lipinski definition) is 1. The molecule has 1 aliphatic carbocycles. The number of allylic oxidation sites excluding steroid dienone is 1. The van der Waals surface area contributed by atoms with Crippen LogP contribution in [0.2, 0.25) is 0 Å². The lowest BCUT2D eigenvalue weighted by Gasteiger charge is -2.13. The van der Waals surface area contributed by atoms with Crippen molar-refractivity contribution in [1.82, 2.24) is 5.32 Å². The zero-order valence-corrected chi connectivity index (χ0v) is 9.38. The zero-order chi connectivity index (χ0) is 10.2. The molecule has 14 heavy (non-hydrogen) atoms. The molecule has 1 heterocycles. The van der Waals surface area contributed by atoms with Crippen LogP contribution >= 0.6 is 0 Å². The number of amidine groups is 1. The lowest BCUT2D eigenvalue weighted by atomic mass is 10.2. The van der Waals surface area contributed by atoms with Crippen molar-refractivity contribution in [3.8, 4) is 0 Å². The summed E-state index contributed by atoms with van der Waals surface area (Å²) in [6.07, 6.45) is 6.91. The Morgan fingerprint density at radius 2 is 2.43 bits per heavy atom. The van der Waals surface area contributed by atoms with Gasteiger partial charge in [0.2, 0.25) is 0 Å². The molecule has 2 aliphatic rings. The molecule has 1 N–H and O–H groups in total. The first-order valence-corrected chi connectivity index (χ1v) is 5.59. The Bertz CT molecular complexity index is 278. The van der Waals surface area contributed by atoms with E-state index < -0.39 is 0 Å². The average Bonchev–Trinajstić information content (AvgIpc) is 2.72. The van der Waals surface area contributed by atoms with E-state index in [2.05, 4.69) is 43.2 Å². The van der Waals surface area contributed by atoms with Crippen LogP contribution in [0.1, 0.15) is 33.6 Å². The van der Waals surface area contributed by atoms with Crippen LogP contribution in [0.15, 0.2) is 17.1 Å². The van der Waals surface area contributed by atoms with Gasteiger partial charge in [0.05, 0.1) is 0 Å². The van der Waals surface area contributed by atoms with E-state index in [9.17, 15) is 0 Å². The zero-order valence-electron chi connectivity index (χ0n) is 9.38. The quantitative estimate of drug-likeness (QED) is 0.713. The first-order chi connectivity index (χ1) is 6.60. The standard InChI is InChI=1S/C12H20N2/c1-9(2)8-13-11-6-4-5-10-7-12(10,3)14-11/h4,6,9-10H,5,7-8H2,1-3H3,(H,13,14). The highest BCUT2D eigenvalue weighted by Crippen LogP contribution is 2.46. The molecule has 0 bridgehead atoms. The second-order valence-corrected chi connectivity index (χ2v) is 5.20. The third-order valence-corrected chi connectivity index (χ3v) is 3.15. The number of nitrogens with one attached hydrogen (secondary N) is 1. The molecule has 1 aliphatic heterocycles. The molecule has 1 saturated carbocycles. The van der Waals surface area contributed by atoms with Gasteiger partial charge in [-0.05, 0) is 37.7 Å². The van der Waals surface area contributed by atoms with E-state index in [1.54, 1.807) is 0 Å². The SMILES string of the molecule is CC(C)CN=C1C=CCC2CC2(C)N1. The van der Waals surface area contributed by atoms with Gasteiger partial charge in [-0.15, -0.1) is 0 Å². The van der Waals surface area contributed by atoms with E-state index in [0.717, 1.165) is 18.3 Å². The summed E-state index contributed by atoms with van der Waals surface area (Å²) in [5.74, 6) is 2.57. The Morgan fingerprint density at radius 3 is 3.14 bits per heavy atom. The van der Waals surface area contributed by atoms with Gasteiger partial charge in [0.25, 0.3) is 0 Å². The van der Waals surface area contributed by atoms with E-state index in [1.165, 1.54) is 12.8 Å². The third-order valence-electron chi connectivity index (χ3n) is 3.15. The molecule has 2 heteroatoms. The topological polar surface area (TPSA) is 24.4 Å². The minimum absolute atomic E-state index is 0.347. The number of aliphatic imine (C=N–C) groups is 1. The minimum Gasteiger partial charge on any atom is -0.365 e. The van der Waals surface area contributed by atoms with Gasteiger partial charge in [-0.25, -0.2) is 0 Å². The summed E-state index contributed by atoms with van der Waals surface area (Å²) in [5, 5.41) is 3.55. The highest BCUT2D eigenvalue weighted by molar-refractivity contribution is 5.94. The maximum Gasteiger partial charge on any atom is 0.120 e. The van der Waals surface area contributed by atoms with Crippen molar-refractivity contribution in [2.75, 3.05) is 6.54 Å². The summed E-state index contributed by atoms with van der Waals surface area (Å²) in [4.78, 5) is 4.58. The van der Waals surface area contributed by atoms with Crippen molar-refractivity contribution >= 4 is 5.84 Å². The lowest BCUT2D eigenvalue weighted by Crippen LogP contribution is -2.34. The minimum atomic E-state index is 0.347. The molecule has 0 aromatic carbocycles. The van der Waals surface area contributed by atoms with Crippen LogP contribution in [-0.4, -0.2) is 17.9 Å². The van der Waals surface area contributed by atoms with E-state index in [4.69, 9.17) is 0 Å². The fourth-order valence-corrected chi connectivity index (χ4v) is 2.00. The summed E-state index contributed by atoms with van der Waals surface area (Å²) in [5.41, 5.74) is 0.347. The Kier molecular flexibility index (Phi) is 2.38. The van der Waals surface area contributed by atoms with Gasteiger partial charge in [0.15, 0.2) is 0 Å². The summed E-state index contributed by atoms with van der Waals surface area (Å²) in [7, 11) is 0. The van der Waals surface area contributed by atoms with Gasteiger partial charge in [-0.2, -0.15) is 0 Å². The van der Waals surface area contributed by atoms with Crippen LogP contribution in [0.3, 0.4) is 0 Å². The summed E-state index contributed by atoms with van der Waals surface area (Å²) in [6, 6.07) is 0. The van der Waals surface area contributed by atoms with E-state index >= 15 is 0 Å². The van der Waals surface area contributed by atoms with Gasteiger partial charge in [-0.3, -0.25) is 4.99 Å². The van der Waals surface area contributed by atoms with Gasteiger partial charge >= 0.3 is 0 Å². The molecule has 0 saturated heterocycles. The fraction of sp³-hybridized carbons (Fsp3) is 0.750. The van der Waals surface area contributed by atoms with Gasteiger partial charge in [0, 0.05) is 12.1 Å². The van der Waals surface area contributed by atoms with Crippen LogP contribution in [0.4, 0.5) is 0 Å². The largest absolute Gasteiger partial charge is 0.365 e. The highest BCUT2D eigenvalue weighted by atomic mass is 15.1.